The van der Waals surface area contributed by atoms with E-state index in [0.29, 0.717) is 0 Å². The fraction of sp³-hybridized carbons (Fsp3) is 0.478. The van der Waals surface area contributed by atoms with Gasteiger partial charge in [-0.1, -0.05) is 48.0 Å². The summed E-state index contributed by atoms with van der Waals surface area (Å²) in [5.74, 6) is 6.52. The Morgan fingerprint density at radius 1 is 0.638 bits per heavy atom. The van der Waals surface area contributed by atoms with Crippen molar-refractivity contribution in [3.05, 3.63) is 98.3 Å². The zero-order chi connectivity index (χ0) is 34.7. The molecule has 0 fully saturated rings. The molecule has 2 aromatic heterocycles. The first kappa shape index (κ1) is 40.9. The summed E-state index contributed by atoms with van der Waals surface area (Å²) >= 11 is 0. The molecule has 4 radical (unpaired) electrons. The van der Waals surface area contributed by atoms with Crippen LogP contribution in [0.4, 0.5) is 11.6 Å². The number of fused-ring (bicyclic) bond motifs is 11. The van der Waals surface area contributed by atoms with Gasteiger partial charge in [0.2, 0.25) is 11.3 Å². The molecule has 12 heteroatoms. The van der Waals surface area contributed by atoms with Gasteiger partial charge in [0, 0.05) is 106 Å². The number of rotatable bonds is 1. The van der Waals surface area contributed by atoms with Gasteiger partial charge in [0.05, 0.1) is 0 Å². The molecule has 1 spiro atoms. The van der Waals surface area contributed by atoms with Gasteiger partial charge in [0.25, 0.3) is 29.2 Å². The van der Waals surface area contributed by atoms with Gasteiger partial charge >= 0.3 is 5.91 Å². The van der Waals surface area contributed by atoms with E-state index in [1.54, 1.807) is 0 Å². The quantitative estimate of drug-likeness (QED) is 0.143. The van der Waals surface area contributed by atoms with Crippen LogP contribution in [0.2, 0.25) is 0 Å². The third kappa shape index (κ3) is 4.78. The van der Waals surface area contributed by atoms with Crippen LogP contribution in [0.5, 0.6) is 0 Å². The molecule has 4 aliphatic carbocycles. The summed E-state index contributed by atoms with van der Waals surface area (Å²) < 4.78 is 10.3. The number of benzene rings is 1. The van der Waals surface area contributed by atoms with E-state index in [0.717, 1.165) is 75.6 Å². The largest absolute Gasteiger partial charge is 0.402 e. The van der Waals surface area contributed by atoms with Gasteiger partial charge in [-0.15, -0.1) is 9.15 Å². The molecule has 1 amide bonds. The molecule has 1 atom stereocenters. The van der Waals surface area contributed by atoms with Crippen molar-refractivity contribution in [1.29, 1.82) is 0 Å². The molecular formula is C46H56BN9OY+. The Morgan fingerprint density at radius 2 is 1.12 bits per heavy atom. The van der Waals surface area contributed by atoms with Crippen molar-refractivity contribution in [2.24, 2.45) is 20.0 Å². The molecule has 296 valence electrons. The number of hydrogen-bond acceptors (Lipinski definition) is 5. The minimum absolute atomic E-state index is 0. The summed E-state index contributed by atoms with van der Waals surface area (Å²) in [6.45, 7) is 3.59. The average Bonchev–Trinajstić information content (AvgIpc) is 3.99. The smallest absolute Gasteiger partial charge is 0.358 e. The van der Waals surface area contributed by atoms with E-state index in [-0.39, 0.29) is 70.7 Å². The average molecular weight is 852 g/mol. The summed E-state index contributed by atoms with van der Waals surface area (Å²) in [7, 11) is 0. The number of nitrogens with zero attached hydrogens (tertiary/aromatic N) is 9. The minimum Gasteiger partial charge on any atom is -0.358 e. The van der Waals surface area contributed by atoms with E-state index in [2.05, 4.69) is 18.3 Å². The molecule has 11 aliphatic rings. The van der Waals surface area contributed by atoms with Crippen molar-refractivity contribution in [2.45, 2.75) is 137 Å². The molecule has 0 bridgehead atoms. The van der Waals surface area contributed by atoms with Gasteiger partial charge in [0.15, 0.2) is 0 Å². The van der Waals surface area contributed by atoms with Crippen molar-refractivity contribution in [1.82, 2.24) is 14.0 Å². The molecule has 9 heterocycles. The molecule has 1 aromatic carbocycles. The maximum absolute atomic E-state index is 11.6. The minimum atomic E-state index is -0.652. The van der Waals surface area contributed by atoms with Crippen molar-refractivity contribution in [2.75, 3.05) is 6.54 Å². The second kappa shape index (κ2) is 14.4. The second-order valence-electron chi connectivity index (χ2n) is 16.6. The van der Waals surface area contributed by atoms with E-state index in [4.69, 9.17) is 20.0 Å². The Morgan fingerprint density at radius 3 is 1.71 bits per heavy atom. The van der Waals surface area contributed by atoms with Crippen LogP contribution in [0.15, 0.2) is 66.5 Å². The van der Waals surface area contributed by atoms with Crippen LogP contribution in [0.1, 0.15) is 138 Å². The molecule has 3 aromatic rings. The molecular weight excluding hydrogens is 794 g/mol. The maximum Gasteiger partial charge on any atom is 0.402 e. The Kier molecular flexibility index (Phi) is 10.2. The predicted octanol–water partition coefficient (Wildman–Crippen LogP) is 7.35. The van der Waals surface area contributed by atoms with E-state index in [1.165, 1.54) is 142 Å². The molecule has 14 rings (SSSR count). The van der Waals surface area contributed by atoms with E-state index >= 15 is 0 Å². The third-order valence-corrected chi connectivity index (χ3v) is 14.1. The predicted molar refractivity (Wildman–Crippen MR) is 228 cm³/mol. The summed E-state index contributed by atoms with van der Waals surface area (Å²) in [4.78, 5) is 36.0. The van der Waals surface area contributed by atoms with Crippen molar-refractivity contribution < 1.29 is 48.1 Å². The van der Waals surface area contributed by atoms with Crippen LogP contribution in [0, 0.1) is 7.43 Å². The van der Waals surface area contributed by atoms with Crippen LogP contribution in [-0.4, -0.2) is 67.4 Å². The summed E-state index contributed by atoms with van der Waals surface area (Å²) in [5, 5.41) is 0. The van der Waals surface area contributed by atoms with Gasteiger partial charge in [-0.2, -0.15) is 0 Å². The molecule has 7 aliphatic heterocycles. The van der Waals surface area contributed by atoms with E-state index < -0.39 is 5.91 Å². The third-order valence-electron chi connectivity index (χ3n) is 14.1. The molecule has 1 unspecified atom stereocenters. The van der Waals surface area contributed by atoms with Gasteiger partial charge in [-0.25, -0.2) is 14.1 Å². The molecule has 0 saturated heterocycles. The van der Waals surface area contributed by atoms with Crippen molar-refractivity contribution in [3.8, 4) is 0 Å². The van der Waals surface area contributed by atoms with E-state index in [1.807, 2.05) is 36.1 Å². The summed E-state index contributed by atoms with van der Waals surface area (Å²) in [5.41, 5.74) is 16.0. The number of carbonyl (C=O) groups excluding carboxylic acids is 1. The van der Waals surface area contributed by atoms with Crippen LogP contribution in [-0.2, 0) is 70.8 Å². The van der Waals surface area contributed by atoms with E-state index in [9.17, 15) is 4.79 Å². The number of amidine groups is 4. The summed E-state index contributed by atoms with van der Waals surface area (Å²) in [6.07, 6.45) is 18.7. The Hall–Kier alpha value is -3.82. The first-order valence-electron chi connectivity index (χ1n) is 20.5. The van der Waals surface area contributed by atoms with Crippen LogP contribution in [0.25, 0.3) is 0 Å². The Bertz CT molecular complexity index is 2690. The first-order chi connectivity index (χ1) is 26.2. The zero-order valence-corrected chi connectivity index (χ0v) is 35.5. The number of aliphatic imine (C=N–C) groups is 2. The standard InChI is InChI=1S/C33H32N8.C10H11NO.2CH4.CH3.B.Y.H2/c1-2-10-18-17(9-1)25-34-27-19-11-3-4-12-20(19)29-36-31-23-15-7-8-16-24(23)32-37-30-22-14-6-5-13-21(22)28-35-26(18)38(25)33(39(27)29,40(28)30)41(31)32;1-2-11-7-8-5-3-4-6-9(8)10(11)12;;;;;;/h1-16H2;3-6H,2,7H2,1H3;2*1H4;1H3;;;1H/q+2;;;;-1;;;/i;;;;;;;1+1. The van der Waals surface area contributed by atoms with Crippen LogP contribution < -0.4 is 11.0 Å². The van der Waals surface area contributed by atoms with Gasteiger partial charge in [-0.05, 0) is 121 Å². The normalized spacial score (nSPS) is 23.5. The topological polar surface area (TPSA) is 85.6 Å². The van der Waals surface area contributed by atoms with Crippen molar-refractivity contribution in [3.63, 3.8) is 0 Å². The van der Waals surface area contributed by atoms with Gasteiger partial charge in [0.1, 0.15) is 11.3 Å². The number of carbonyl (C=O) groups is 1. The fourth-order valence-electron chi connectivity index (χ4n) is 11.7. The van der Waals surface area contributed by atoms with Gasteiger partial charge < -0.3 is 12.3 Å². The number of hydrogen-bond donors (Lipinski definition) is 0. The Labute approximate surface area is 371 Å². The molecule has 0 N–H and O–H groups in total. The summed E-state index contributed by atoms with van der Waals surface area (Å²) in [6, 6.07) is 7.80. The SMILES string of the molecule is C.C.C1CCC2=C(C1)C1=Nc3c4c(c5n3C36n7c(c8c(c7=N5)CCCC8)=NC5=[N+]3C(=NC2=[N+]16)C1=C5CCCC1)CCCC4.CCN1Cc2ccccc2C1=O.[2HH].[B].[CH3-].[Y]. The molecule has 10 nitrogen and oxygen atoms in total. The van der Waals surface area contributed by atoms with Crippen LogP contribution in [0.3, 0.4) is 0 Å². The van der Waals surface area contributed by atoms with Crippen molar-refractivity contribution >= 4 is 49.3 Å². The molecule has 0 saturated carbocycles. The van der Waals surface area contributed by atoms with Gasteiger partial charge in [-0.3, -0.25) is 4.79 Å². The Balaban J connectivity index is 0.000000257. The second-order valence-corrected chi connectivity index (χ2v) is 16.6. The zero-order valence-electron chi connectivity index (χ0n) is 32.6. The monoisotopic (exact) mass is 851 g/mol. The fourth-order valence-corrected chi connectivity index (χ4v) is 11.7. The maximum atomic E-state index is 11.6. The number of amides is 1. The number of aromatic nitrogens is 2. The molecule has 58 heavy (non-hydrogen) atoms. The first-order valence-corrected chi connectivity index (χ1v) is 20.5. The van der Waals surface area contributed by atoms with Crippen LogP contribution >= 0.6 is 0 Å².